The number of para-hydroxylation sites is 3. The number of amides is 3. The van der Waals surface area contributed by atoms with Crippen molar-refractivity contribution in [2.45, 2.75) is 103 Å². The van der Waals surface area contributed by atoms with Gasteiger partial charge in [-0.15, -0.1) is 11.6 Å². The maximum atomic E-state index is 12.7. The Hall–Kier alpha value is -6.33. The molecule has 0 spiro atoms. The van der Waals surface area contributed by atoms with Crippen molar-refractivity contribution in [3.05, 3.63) is 122 Å². The molecule has 0 saturated carbocycles. The summed E-state index contributed by atoms with van der Waals surface area (Å²) in [4.78, 5) is 79.5. The lowest BCUT2D eigenvalue weighted by Gasteiger charge is -2.35. The van der Waals surface area contributed by atoms with E-state index >= 15 is 0 Å². The van der Waals surface area contributed by atoms with Crippen LogP contribution in [0.4, 0.5) is 42.1 Å². The number of aliphatic carboxylic acids is 1. The minimum Gasteiger partial charge on any atom is -0.489 e. The molecule has 0 fully saturated rings. The monoisotopic (exact) mass is 1390 g/mol. The molecule has 0 aliphatic carbocycles. The number of nitrogens with zero attached hydrogens (tertiary/aromatic N) is 6. The van der Waals surface area contributed by atoms with Crippen molar-refractivity contribution < 1.29 is 74.5 Å². The highest BCUT2D eigenvalue weighted by atomic mass is 35.5. The van der Waals surface area contributed by atoms with Gasteiger partial charge in [-0.2, -0.15) is 28.1 Å². The molecule has 4 aromatic carbocycles. The minimum absolute atomic E-state index is 0.0223. The third-order valence-electron chi connectivity index (χ3n) is 11.4. The fourth-order valence-electron chi connectivity index (χ4n) is 7.57. The second-order valence-electron chi connectivity index (χ2n) is 20.3. The molecule has 492 valence electrons. The first-order valence-electron chi connectivity index (χ1n) is 26.5. The molecule has 34 heteroatoms. The number of carboxylic acids is 1. The van der Waals surface area contributed by atoms with Crippen LogP contribution in [0.25, 0.3) is 0 Å². The number of halogens is 8. The van der Waals surface area contributed by atoms with Crippen molar-refractivity contribution in [1.29, 1.82) is 0 Å². The summed E-state index contributed by atoms with van der Waals surface area (Å²) in [5.41, 5.74) is 6.58. The van der Waals surface area contributed by atoms with Crippen molar-refractivity contribution in [3.8, 4) is 17.2 Å². The standard InChI is InChI=1S/C15H10ClF3N2O6S.C15H22ClNO2.C11H11Cl2NO2.C9H16ClN5.C5H12NO4P/c1-28(25,26)20-14(22)10-7-9(3-4-12(10)21(23)24)27-13-5-2-8(6-11(13)16)15(17,18)19;1-5-13-8-6-7-11(2)15(13)17(14(18)9-16)12(3)10-19-4;1-7-6-16-9-5-3-2-4-8(9)14(7)11(15)10(12)13;1-5-11-7-12-6(10)13-8(14-7)15-9(2,3)4;1-11(9,10)3-2-4(6)5(7)8/h2-7H,1H3,(H,20,22);6-8,12H,5,9-10H2,1-4H3;2-5,7,10H,6H2,1H3;5H2,1-4H3,(H2,11,12,13,14,15);4H,2-3,6H2,1H3,(H,7,8)(H,9,10). The number of nitro groups is 1. The molecule has 3 amide bonds. The molecule has 89 heavy (non-hydrogen) atoms. The van der Waals surface area contributed by atoms with Gasteiger partial charge in [-0.1, -0.05) is 72.1 Å². The fraction of sp³-hybridized carbons (Fsp3) is 0.436. The first-order chi connectivity index (χ1) is 41.2. The topological polar surface area (TPSA) is 338 Å². The largest absolute Gasteiger partial charge is 0.489 e. The minimum atomic E-state index is -4.62. The van der Waals surface area contributed by atoms with Crippen LogP contribution in [0.5, 0.6) is 17.2 Å². The van der Waals surface area contributed by atoms with E-state index in [1.807, 2.05) is 84.9 Å². The van der Waals surface area contributed by atoms with E-state index in [-0.39, 0.29) is 64.7 Å². The SMILES string of the molecule is CC1COc2ccccc2N1C(=O)C(Cl)Cl.CCNc1nc(Cl)nc(NC(C)(C)C)n1.CCc1cccc(C)c1N(C(=O)CCl)C(C)COC.CP(=O)(O)CCC(N)C(=O)O.CS(=O)(=O)NC(=O)c1cc(Oc2ccc(C(F)(F)F)cc2Cl)ccc1[N+](=O)[O-]. The average Bonchev–Trinajstić information content (AvgIpc) is 3.64. The van der Waals surface area contributed by atoms with E-state index in [2.05, 4.69) is 38.6 Å². The number of ether oxygens (including phenoxy) is 3. The Morgan fingerprint density at radius 1 is 1.00 bits per heavy atom. The molecule has 0 radical (unpaired) electrons. The lowest BCUT2D eigenvalue weighted by Crippen LogP contribution is -2.47. The van der Waals surface area contributed by atoms with Crippen molar-refractivity contribution >= 4 is 128 Å². The first kappa shape index (κ1) is 78.8. The van der Waals surface area contributed by atoms with E-state index in [0.717, 1.165) is 59.7 Å². The number of methoxy groups -OCH3 is 1. The van der Waals surface area contributed by atoms with Gasteiger partial charge in [0.15, 0.2) is 12.2 Å². The second kappa shape index (κ2) is 35.9. The van der Waals surface area contributed by atoms with Crippen LogP contribution in [0.15, 0.2) is 78.9 Å². The molecule has 1 aromatic heterocycles. The summed E-state index contributed by atoms with van der Waals surface area (Å²) in [6.07, 6.45) is -3.06. The van der Waals surface area contributed by atoms with Gasteiger partial charge in [0.1, 0.15) is 41.3 Å². The molecular formula is C55H71Cl5F3N10O14PS. The number of carbonyl (C=O) groups excluding carboxylic acids is 3. The number of nitro benzene ring substituents is 1. The zero-order chi connectivity index (χ0) is 67.9. The molecule has 5 aromatic rings. The molecule has 1 aliphatic heterocycles. The van der Waals surface area contributed by atoms with Crippen LogP contribution in [-0.4, -0.2) is 142 Å². The maximum absolute atomic E-state index is 12.7. The number of sulfonamides is 1. The number of aryl methyl sites for hydroxylation is 2. The van der Waals surface area contributed by atoms with E-state index in [4.69, 9.17) is 87.9 Å². The number of nitrogens with one attached hydrogen (secondary N) is 3. The smallest absolute Gasteiger partial charge is 0.416 e. The van der Waals surface area contributed by atoms with E-state index < -0.39 is 73.1 Å². The van der Waals surface area contributed by atoms with Crippen molar-refractivity contribution in [3.63, 3.8) is 0 Å². The van der Waals surface area contributed by atoms with Gasteiger partial charge in [0.05, 0.1) is 51.8 Å². The Bertz CT molecular complexity index is 3390. The van der Waals surface area contributed by atoms with Gasteiger partial charge in [-0.05, 0) is 120 Å². The third kappa shape index (κ3) is 27.4. The maximum Gasteiger partial charge on any atom is 0.416 e. The molecule has 6 rings (SSSR count). The molecule has 1 aliphatic rings. The van der Waals surface area contributed by atoms with Crippen LogP contribution in [0.2, 0.25) is 10.3 Å². The quantitative estimate of drug-likeness (QED) is 0.0194. The summed E-state index contributed by atoms with van der Waals surface area (Å²) in [5.74, 6) is -1.58. The highest BCUT2D eigenvalue weighted by Crippen LogP contribution is 2.39. The normalized spacial score (nSPS) is 14.0. The Morgan fingerprint density at radius 2 is 1.63 bits per heavy atom. The Morgan fingerprint density at radius 3 is 2.15 bits per heavy atom. The predicted octanol–water partition coefficient (Wildman–Crippen LogP) is 11.4. The number of nitrogens with two attached hydrogens (primary N) is 1. The Balaban J connectivity index is 0.000000393. The van der Waals surface area contributed by atoms with Gasteiger partial charge in [0.2, 0.25) is 33.1 Å². The molecule has 0 saturated heterocycles. The molecular weight excluding hydrogens is 1320 g/mol. The molecule has 4 unspecified atom stereocenters. The van der Waals surface area contributed by atoms with Gasteiger partial charge in [-0.25, -0.2) is 13.1 Å². The molecule has 2 heterocycles. The van der Waals surface area contributed by atoms with E-state index in [9.17, 15) is 55.4 Å². The second-order valence-corrected chi connectivity index (χ2v) is 26.7. The lowest BCUT2D eigenvalue weighted by atomic mass is 10.0. The Kier molecular flexibility index (Phi) is 31.8. The number of rotatable bonds is 19. The summed E-state index contributed by atoms with van der Waals surface area (Å²) in [6.45, 7) is 18.9. The van der Waals surface area contributed by atoms with Crippen LogP contribution in [-0.2, 0) is 46.3 Å². The predicted molar refractivity (Wildman–Crippen MR) is 340 cm³/mol. The van der Waals surface area contributed by atoms with E-state index in [0.29, 0.717) is 49.2 Å². The molecule has 0 bridgehead atoms. The van der Waals surface area contributed by atoms with Gasteiger partial charge < -0.3 is 50.4 Å². The van der Waals surface area contributed by atoms with E-state index in [1.54, 1.807) is 21.6 Å². The van der Waals surface area contributed by atoms with Crippen molar-refractivity contribution in [2.24, 2.45) is 5.73 Å². The number of benzene rings is 4. The van der Waals surface area contributed by atoms with Crippen LogP contribution in [0.3, 0.4) is 0 Å². The highest BCUT2D eigenvalue weighted by Gasteiger charge is 2.33. The number of alkyl halides is 6. The summed E-state index contributed by atoms with van der Waals surface area (Å²) < 4.78 is 88.6. The summed E-state index contributed by atoms with van der Waals surface area (Å²) >= 11 is 28.5. The zero-order valence-electron chi connectivity index (χ0n) is 50.2. The van der Waals surface area contributed by atoms with Crippen LogP contribution < -0.4 is 40.4 Å². The Labute approximate surface area is 538 Å². The summed E-state index contributed by atoms with van der Waals surface area (Å²) in [6, 6.07) is 17.4. The fourth-order valence-corrected chi connectivity index (χ4v) is 9.50. The number of carboxylic acid groups (broad SMARTS) is 1. The number of anilines is 4. The third-order valence-corrected chi connectivity index (χ3v) is 14.1. The van der Waals surface area contributed by atoms with Gasteiger partial charge in [-0.3, -0.25) is 33.9 Å². The molecule has 4 atom stereocenters. The summed E-state index contributed by atoms with van der Waals surface area (Å²) in [5, 5.41) is 25.3. The zero-order valence-corrected chi connectivity index (χ0v) is 55.7. The van der Waals surface area contributed by atoms with Crippen molar-refractivity contribution in [2.75, 3.05) is 72.3 Å². The molecule has 7 N–H and O–H groups in total. The average molecular weight is 1390 g/mol. The number of hydrogen-bond acceptors (Lipinski definition) is 18. The van der Waals surface area contributed by atoms with Crippen molar-refractivity contribution in [1.82, 2.24) is 19.7 Å². The lowest BCUT2D eigenvalue weighted by molar-refractivity contribution is -0.385. The summed E-state index contributed by atoms with van der Waals surface area (Å²) in [7, 11) is -5.47. The number of fused-ring (bicyclic) bond motifs is 1. The van der Waals surface area contributed by atoms with Gasteiger partial charge >= 0.3 is 12.1 Å². The van der Waals surface area contributed by atoms with Crippen LogP contribution in [0.1, 0.15) is 81.9 Å². The number of hydrogen-bond donors (Lipinski definition) is 6. The van der Waals surface area contributed by atoms with E-state index in [1.165, 1.54) is 6.66 Å². The van der Waals surface area contributed by atoms with Gasteiger partial charge in [0.25, 0.3) is 17.5 Å². The number of aromatic nitrogens is 3. The van der Waals surface area contributed by atoms with Crippen LogP contribution >= 0.6 is 65.4 Å². The highest BCUT2D eigenvalue weighted by molar-refractivity contribution is 7.89. The first-order valence-corrected chi connectivity index (χ1v) is 32.9. The van der Waals surface area contributed by atoms with Crippen LogP contribution in [0, 0.1) is 17.0 Å². The van der Waals surface area contributed by atoms with Gasteiger partial charge in [0, 0.05) is 44.2 Å². The number of carbonyl (C=O) groups is 4. The molecule has 24 nitrogen and oxygen atoms in total.